The van der Waals surface area contributed by atoms with E-state index in [1.54, 1.807) is 97.1 Å². The molecule has 8 bridgehead atoms. The third-order valence-electron chi connectivity index (χ3n) is 11.9. The Morgan fingerprint density at radius 1 is 0.437 bits per heavy atom. The zero-order valence-corrected chi connectivity index (χ0v) is 39.4. The molecule has 0 unspecified atom stereocenters. The molecule has 5 heterocycles. The monoisotopic (exact) mass is 1030 g/mol. The Kier molecular flexibility index (Phi) is 12.1. The van der Waals surface area contributed by atoms with E-state index < -0.39 is 68.0 Å². The molecule has 0 saturated carbocycles. The van der Waals surface area contributed by atoms with Gasteiger partial charge in [-0.15, -0.1) is 0 Å². The van der Waals surface area contributed by atoms with E-state index in [1.807, 2.05) is 36.4 Å². The Hall–Kier alpha value is -8.05. The number of H-pyrrole nitrogens is 2. The molecule has 21 heteroatoms. The maximum Gasteiger partial charge on any atom is 2.00 e. The van der Waals surface area contributed by atoms with E-state index in [9.17, 15) is 19.8 Å². The van der Waals surface area contributed by atoms with Gasteiger partial charge in [0.2, 0.25) is 20.0 Å². The number of carboxylic acid groups (broad SMARTS) is 2. The molecule has 0 atom stereocenters. The van der Waals surface area contributed by atoms with Crippen molar-refractivity contribution in [3.63, 3.8) is 0 Å². The molecule has 9 aromatic rings. The van der Waals surface area contributed by atoms with Crippen molar-refractivity contribution in [1.82, 2.24) is 48.5 Å². The van der Waals surface area contributed by atoms with Crippen LogP contribution in [0.5, 0.6) is 0 Å². The number of carbonyl (C=O) groups is 2. The first-order valence-corrected chi connectivity index (χ1v) is 24.5. The zero-order valence-electron chi connectivity index (χ0n) is 36.7. The van der Waals surface area contributed by atoms with Gasteiger partial charge in [-0.05, 0) is 23.3 Å². The SMILES string of the molecule is O=C([O-])CN(Cc1ccccc1)S(=O)(=O)c1ccc2c3nc4nc(nc5[nH]c(nc6nc(nc([nH]3)c2c1S(=O)(=O)N(CC(=O)[O-])Cc1ccccc1)-c1ccccc1-6)c1ccccc51)-c1ccccc1-4.[Co+2]. The third kappa shape index (κ3) is 8.49. The van der Waals surface area contributed by atoms with Crippen LogP contribution in [0, 0.1) is 0 Å². The summed E-state index contributed by atoms with van der Waals surface area (Å²) < 4.78 is 63.0. The van der Waals surface area contributed by atoms with Crippen LogP contribution in [0.1, 0.15) is 11.1 Å². The number of benzene rings is 6. The van der Waals surface area contributed by atoms with Gasteiger partial charge in [-0.25, -0.2) is 46.7 Å². The first-order valence-electron chi connectivity index (χ1n) is 21.6. The summed E-state index contributed by atoms with van der Waals surface area (Å²) in [5.74, 6) is -2.82. The fraction of sp³-hybridized carbons (Fsp3) is 0.0800. The number of nitrogens with one attached hydrogen (secondary N) is 2. The molecule has 2 aliphatic rings. The summed E-state index contributed by atoms with van der Waals surface area (Å²) in [6.45, 7) is -3.44. The van der Waals surface area contributed by atoms with Gasteiger partial charge in [-0.2, -0.15) is 8.61 Å². The minimum atomic E-state index is -5.31. The zero-order chi connectivity index (χ0) is 48.3. The summed E-state index contributed by atoms with van der Waals surface area (Å²) in [4.78, 5) is 59.2. The molecule has 1 radical (unpaired) electrons. The Morgan fingerprint density at radius 2 is 0.803 bits per heavy atom. The van der Waals surface area contributed by atoms with Gasteiger partial charge in [-0.3, -0.25) is 0 Å². The fourth-order valence-corrected chi connectivity index (χ4v) is 12.4. The van der Waals surface area contributed by atoms with Gasteiger partial charge in [0.25, 0.3) is 0 Å². The summed E-state index contributed by atoms with van der Waals surface area (Å²) in [5, 5.41) is 26.0. The molecule has 2 N–H and O–H groups in total. The van der Waals surface area contributed by atoms with Crippen molar-refractivity contribution in [2.24, 2.45) is 0 Å². The Labute approximate surface area is 414 Å². The second-order valence-electron chi connectivity index (χ2n) is 16.3. The smallest absolute Gasteiger partial charge is 0.549 e. The third-order valence-corrected chi connectivity index (χ3v) is 15.7. The predicted molar refractivity (Wildman–Crippen MR) is 254 cm³/mol. The minimum Gasteiger partial charge on any atom is -0.549 e. The molecular formula is C50H34CoN10O8S2. The maximum absolute atomic E-state index is 15.7. The van der Waals surface area contributed by atoms with Gasteiger partial charge in [0, 0.05) is 56.9 Å². The van der Waals surface area contributed by atoms with Crippen LogP contribution in [0.4, 0.5) is 0 Å². The normalized spacial score (nSPS) is 12.2. The van der Waals surface area contributed by atoms with Crippen LogP contribution in [0.25, 0.3) is 89.7 Å². The number of sulfonamides is 2. The van der Waals surface area contributed by atoms with Crippen LogP contribution in [0.15, 0.2) is 155 Å². The summed E-state index contributed by atoms with van der Waals surface area (Å²) >= 11 is 0. The van der Waals surface area contributed by atoms with Gasteiger partial charge in [-0.1, -0.05) is 133 Å². The number of fused-ring (bicyclic) bond motifs is 20. The van der Waals surface area contributed by atoms with E-state index in [0.717, 1.165) is 16.8 Å². The van der Waals surface area contributed by atoms with Gasteiger partial charge in [0.1, 0.15) is 32.4 Å². The first-order chi connectivity index (χ1) is 33.8. The van der Waals surface area contributed by atoms with Crippen LogP contribution in [-0.2, 0) is 59.5 Å². The fourth-order valence-electron chi connectivity index (χ4n) is 8.72. The van der Waals surface area contributed by atoms with Crippen molar-refractivity contribution in [1.29, 1.82) is 0 Å². The average Bonchev–Trinajstić information content (AvgIpc) is 4.09. The minimum absolute atomic E-state index is 0. The molecule has 353 valence electrons. The molecule has 11 rings (SSSR count). The standard InChI is InChI=1S/C50H36N10O8S2.Co/c61-39(62)27-59(25-29-13-3-1-4-14-29)69(65,66)38-24-23-37-41(42(38)70(67,68)60(28-40(63)64)26-30-15-5-2-6-16-30)50-57-48-36-22-12-11-21-35(36)46(55-48)53-44-32-18-8-7-17-31(32)43(51-44)52-45-33-19-9-10-20-34(33)47(54-45)56-49(37)58-50;/h1-24H,25-28H2,(H,61,62)(H,63,64)(H2,51,52,53,54,55,56,57,58);/q;+2/p-2. The number of hydrogen-bond donors (Lipinski definition) is 2. The molecular weight excluding hydrogens is 992 g/mol. The van der Waals surface area contributed by atoms with Gasteiger partial charge < -0.3 is 29.8 Å². The number of nitrogens with zero attached hydrogens (tertiary/aromatic N) is 8. The molecule has 6 aromatic carbocycles. The van der Waals surface area contributed by atoms with E-state index in [4.69, 9.17) is 29.9 Å². The van der Waals surface area contributed by atoms with E-state index in [1.165, 1.54) is 6.07 Å². The maximum atomic E-state index is 15.7. The molecule has 0 amide bonds. The van der Waals surface area contributed by atoms with Crippen molar-refractivity contribution in [3.8, 4) is 45.6 Å². The van der Waals surface area contributed by atoms with Crippen molar-refractivity contribution < 1.29 is 53.4 Å². The number of carboxylic acids is 2. The molecule has 2 aliphatic heterocycles. The largest absolute Gasteiger partial charge is 2.00 e. The van der Waals surface area contributed by atoms with Crippen molar-refractivity contribution in [3.05, 3.63) is 157 Å². The molecule has 3 aromatic heterocycles. The Balaban J connectivity index is 0.00000582. The van der Waals surface area contributed by atoms with Gasteiger partial charge in [0.05, 0.1) is 25.0 Å². The Morgan fingerprint density at radius 3 is 1.24 bits per heavy atom. The van der Waals surface area contributed by atoms with Crippen molar-refractivity contribution >= 4 is 76.1 Å². The number of carbonyl (C=O) groups excluding carboxylic acids is 2. The van der Waals surface area contributed by atoms with Crippen LogP contribution < -0.4 is 10.2 Å². The summed E-state index contributed by atoms with van der Waals surface area (Å²) in [6, 6.07) is 40.4. The second-order valence-corrected chi connectivity index (χ2v) is 20.1. The predicted octanol–water partition coefficient (Wildman–Crippen LogP) is 4.75. The van der Waals surface area contributed by atoms with E-state index in [-0.39, 0.29) is 56.3 Å². The van der Waals surface area contributed by atoms with Gasteiger partial charge >= 0.3 is 16.8 Å². The number of aliphatic carboxylic acids is 2. The molecule has 71 heavy (non-hydrogen) atoms. The van der Waals surface area contributed by atoms with E-state index in [2.05, 4.69) is 9.97 Å². The summed E-state index contributed by atoms with van der Waals surface area (Å²) in [7, 11) is -10.5. The molecule has 0 fully saturated rings. The number of aromatic nitrogens is 8. The van der Waals surface area contributed by atoms with Crippen molar-refractivity contribution in [2.75, 3.05) is 13.1 Å². The molecule has 0 spiro atoms. The van der Waals surface area contributed by atoms with Crippen LogP contribution in [0.3, 0.4) is 0 Å². The number of rotatable bonds is 12. The van der Waals surface area contributed by atoms with E-state index >= 15 is 16.8 Å². The average molecular weight is 1030 g/mol. The Bertz CT molecular complexity index is 4040. The van der Waals surface area contributed by atoms with Crippen molar-refractivity contribution in [2.45, 2.75) is 22.9 Å². The first kappa shape index (κ1) is 46.7. The number of hydrogen-bond acceptors (Lipinski definition) is 14. The van der Waals surface area contributed by atoms with E-state index in [0.29, 0.717) is 59.1 Å². The van der Waals surface area contributed by atoms with Gasteiger partial charge in [0.15, 0.2) is 23.3 Å². The van der Waals surface area contributed by atoms with Crippen LogP contribution >= 0.6 is 0 Å². The summed E-state index contributed by atoms with van der Waals surface area (Å²) in [5.41, 5.74) is 3.60. The molecule has 0 saturated heterocycles. The molecule has 0 aliphatic carbocycles. The topological polar surface area (TPSA) is 264 Å². The quantitative estimate of drug-likeness (QED) is 0.167. The molecule has 18 nitrogen and oxygen atoms in total. The van der Waals surface area contributed by atoms with Crippen LogP contribution in [0.2, 0.25) is 0 Å². The summed E-state index contributed by atoms with van der Waals surface area (Å²) in [6.07, 6.45) is 0. The van der Waals surface area contributed by atoms with Crippen LogP contribution in [-0.4, -0.2) is 90.3 Å². The second kappa shape index (κ2) is 18.4. The number of aromatic amines is 2.